The quantitative estimate of drug-likeness (QED) is 0.421. The van der Waals surface area contributed by atoms with Gasteiger partial charge in [0.2, 0.25) is 5.82 Å². The molecule has 138 valence electrons. The number of carbonyl (C=O) groups excluding carboxylic acids is 1. The summed E-state index contributed by atoms with van der Waals surface area (Å²) >= 11 is 0. The highest BCUT2D eigenvalue weighted by Gasteiger charge is 2.49. The molecule has 0 radical (unpaired) electrons. The first-order chi connectivity index (χ1) is 12.0. The van der Waals surface area contributed by atoms with Crippen molar-refractivity contribution < 1.29 is 44.7 Å². The number of anilines is 1. The minimum atomic E-state index is -4.32. The second kappa shape index (κ2) is 5.58. The summed E-state index contributed by atoms with van der Waals surface area (Å²) in [6, 6.07) is 0.718. The maximum Gasteiger partial charge on any atom is 0.482 e. The van der Waals surface area contributed by atoms with Crippen LogP contribution in [0.3, 0.4) is 0 Å². The molecule has 0 atom stereocenters. The number of alkyl halides is 2. The highest BCUT2D eigenvalue weighted by atomic mass is 19.3. The molecule has 2 aromatic carbocycles. The molecule has 3 nitrogen and oxygen atoms in total. The average Bonchev–Trinajstić information content (AvgIpc) is 2.57. The minimum Gasteiger partial charge on any atom is -0.423 e. The van der Waals surface area contributed by atoms with Gasteiger partial charge in [0.1, 0.15) is 5.82 Å². The lowest BCUT2D eigenvalue weighted by molar-refractivity contribution is -0.192. The molecule has 26 heavy (non-hydrogen) atoms. The van der Waals surface area contributed by atoms with E-state index in [1.165, 1.54) is 0 Å². The Morgan fingerprint density at radius 1 is 0.885 bits per heavy atom. The average molecular weight is 383 g/mol. The first kappa shape index (κ1) is 18.0. The van der Waals surface area contributed by atoms with E-state index < -0.39 is 69.5 Å². The zero-order valence-corrected chi connectivity index (χ0v) is 12.4. The third-order valence-electron chi connectivity index (χ3n) is 3.68. The Bertz CT molecular complexity index is 930. The van der Waals surface area contributed by atoms with Gasteiger partial charge in [0.15, 0.2) is 29.0 Å². The molecule has 1 aliphatic heterocycles. The minimum absolute atomic E-state index is 0.250. The maximum atomic E-state index is 14.2. The second-order valence-corrected chi connectivity index (χ2v) is 5.23. The van der Waals surface area contributed by atoms with Crippen LogP contribution in [-0.4, -0.2) is 19.1 Å². The van der Waals surface area contributed by atoms with Crippen LogP contribution in [0.2, 0.25) is 0 Å². The van der Waals surface area contributed by atoms with Crippen LogP contribution in [0.1, 0.15) is 0 Å². The van der Waals surface area contributed by atoms with Crippen LogP contribution >= 0.6 is 0 Å². The Morgan fingerprint density at radius 2 is 1.38 bits per heavy atom. The second-order valence-electron chi connectivity index (χ2n) is 5.23. The molecule has 2 aromatic rings. The fourth-order valence-electron chi connectivity index (χ4n) is 2.41. The SMILES string of the molecule is CN1C(=O)C(F)(F)Oc2cc(F)c(-c3c(F)c(F)c(F)c(F)c3F)cc21. The molecule has 11 heteroatoms. The molecule has 0 bridgehead atoms. The number of likely N-dealkylation sites (N-methyl/N-ethyl adjacent to an activating group) is 1. The van der Waals surface area contributed by atoms with Gasteiger partial charge in [-0.25, -0.2) is 26.3 Å². The zero-order chi connectivity index (χ0) is 19.5. The summed E-state index contributed by atoms with van der Waals surface area (Å²) in [5.41, 5.74) is -3.30. The number of amides is 1. The summed E-state index contributed by atoms with van der Waals surface area (Å²) in [6.45, 7) is 0. The van der Waals surface area contributed by atoms with E-state index in [9.17, 15) is 39.9 Å². The van der Waals surface area contributed by atoms with E-state index in [1.807, 2.05) is 0 Å². The number of hydrogen-bond donors (Lipinski definition) is 0. The fraction of sp³-hybridized carbons (Fsp3) is 0.133. The standard InChI is InChI=1S/C15H5F8NO2/c1-24-6-2-4(5(16)3-7(6)26-15(22,23)14(24)25)8-9(17)11(19)13(21)12(20)10(8)18/h2-3H,1H3. The smallest absolute Gasteiger partial charge is 0.423 e. The topological polar surface area (TPSA) is 29.5 Å². The van der Waals surface area contributed by atoms with Crippen LogP contribution in [0.15, 0.2) is 12.1 Å². The van der Waals surface area contributed by atoms with Crippen LogP contribution in [0, 0.1) is 34.9 Å². The summed E-state index contributed by atoms with van der Waals surface area (Å²) in [6.07, 6.45) is -4.32. The molecule has 0 fully saturated rings. The Balaban J connectivity index is 2.30. The van der Waals surface area contributed by atoms with Crippen molar-refractivity contribution in [1.29, 1.82) is 0 Å². The highest BCUT2D eigenvalue weighted by molar-refractivity contribution is 6.01. The zero-order valence-electron chi connectivity index (χ0n) is 12.4. The number of benzene rings is 2. The lowest BCUT2D eigenvalue weighted by atomic mass is 10.0. The molecular formula is C15H5F8NO2. The Kier molecular flexibility index (Phi) is 3.85. The largest absolute Gasteiger partial charge is 0.482 e. The molecular weight excluding hydrogens is 378 g/mol. The summed E-state index contributed by atoms with van der Waals surface area (Å²) in [5, 5.41) is 0. The van der Waals surface area contributed by atoms with Crippen molar-refractivity contribution in [2.24, 2.45) is 0 Å². The van der Waals surface area contributed by atoms with Gasteiger partial charge in [-0.2, -0.15) is 8.78 Å². The molecule has 1 amide bonds. The van der Waals surface area contributed by atoms with Crippen LogP contribution in [0.25, 0.3) is 11.1 Å². The molecule has 0 aromatic heterocycles. The van der Waals surface area contributed by atoms with Gasteiger partial charge in [-0.15, -0.1) is 0 Å². The Hall–Kier alpha value is -2.85. The first-order valence-corrected chi connectivity index (χ1v) is 6.67. The maximum absolute atomic E-state index is 14.2. The van der Waals surface area contributed by atoms with Crippen molar-refractivity contribution in [1.82, 2.24) is 0 Å². The van der Waals surface area contributed by atoms with Gasteiger partial charge in [-0.1, -0.05) is 0 Å². The molecule has 1 heterocycles. The van der Waals surface area contributed by atoms with E-state index >= 15 is 0 Å². The van der Waals surface area contributed by atoms with E-state index in [1.54, 1.807) is 0 Å². The van der Waals surface area contributed by atoms with Crippen molar-refractivity contribution >= 4 is 11.6 Å². The predicted octanol–water partition coefficient (Wildman–Crippen LogP) is 4.14. The van der Waals surface area contributed by atoms with Gasteiger partial charge in [-0.05, 0) is 6.07 Å². The molecule has 0 N–H and O–H groups in total. The lowest BCUT2D eigenvalue weighted by Crippen LogP contribution is -2.49. The van der Waals surface area contributed by atoms with Gasteiger partial charge in [0.05, 0.1) is 11.3 Å². The fourth-order valence-corrected chi connectivity index (χ4v) is 2.41. The normalized spacial score (nSPS) is 15.7. The number of hydrogen-bond acceptors (Lipinski definition) is 2. The summed E-state index contributed by atoms with van der Waals surface area (Å²) in [7, 11) is 0.831. The molecule has 0 unspecified atom stereocenters. The number of rotatable bonds is 1. The summed E-state index contributed by atoms with van der Waals surface area (Å²) in [5.74, 6) is -16.1. The van der Waals surface area contributed by atoms with Crippen molar-refractivity contribution in [2.75, 3.05) is 11.9 Å². The number of halogens is 8. The predicted molar refractivity (Wildman–Crippen MR) is 70.6 cm³/mol. The van der Waals surface area contributed by atoms with E-state index in [0.717, 1.165) is 7.05 Å². The third-order valence-corrected chi connectivity index (χ3v) is 3.68. The van der Waals surface area contributed by atoms with Crippen LogP contribution in [0.4, 0.5) is 40.8 Å². The molecule has 0 aliphatic carbocycles. The van der Waals surface area contributed by atoms with E-state index in [0.29, 0.717) is 11.0 Å². The van der Waals surface area contributed by atoms with Crippen LogP contribution < -0.4 is 9.64 Å². The number of ether oxygens (including phenoxy) is 1. The molecule has 3 rings (SSSR count). The van der Waals surface area contributed by atoms with Gasteiger partial charge in [0.25, 0.3) is 0 Å². The molecule has 0 saturated carbocycles. The third kappa shape index (κ3) is 2.37. The Labute approximate surface area is 139 Å². The van der Waals surface area contributed by atoms with Crippen molar-refractivity contribution in [3.8, 4) is 16.9 Å². The summed E-state index contributed by atoms with van der Waals surface area (Å²) in [4.78, 5) is 11.8. The number of fused-ring (bicyclic) bond motifs is 1. The van der Waals surface area contributed by atoms with Crippen LogP contribution in [0.5, 0.6) is 5.75 Å². The van der Waals surface area contributed by atoms with Gasteiger partial charge < -0.3 is 9.64 Å². The van der Waals surface area contributed by atoms with Crippen LogP contribution in [-0.2, 0) is 4.79 Å². The van der Waals surface area contributed by atoms with Gasteiger partial charge >= 0.3 is 12.0 Å². The van der Waals surface area contributed by atoms with Crippen molar-refractivity contribution in [3.05, 3.63) is 47.0 Å². The summed E-state index contributed by atoms with van der Waals surface area (Å²) < 4.78 is 112. The first-order valence-electron chi connectivity index (χ1n) is 6.67. The van der Waals surface area contributed by atoms with E-state index in [2.05, 4.69) is 4.74 Å². The number of nitrogens with zero attached hydrogens (tertiary/aromatic N) is 1. The van der Waals surface area contributed by atoms with Crippen molar-refractivity contribution in [2.45, 2.75) is 6.11 Å². The van der Waals surface area contributed by atoms with Gasteiger partial charge in [-0.3, -0.25) is 4.79 Å². The van der Waals surface area contributed by atoms with Crippen molar-refractivity contribution in [3.63, 3.8) is 0 Å². The van der Waals surface area contributed by atoms with E-state index in [4.69, 9.17) is 0 Å². The molecule has 0 saturated heterocycles. The molecule has 0 spiro atoms. The van der Waals surface area contributed by atoms with E-state index in [-0.39, 0.29) is 6.07 Å². The van der Waals surface area contributed by atoms with Gasteiger partial charge in [0, 0.05) is 18.7 Å². The Morgan fingerprint density at radius 3 is 1.92 bits per heavy atom. The number of carbonyl (C=O) groups is 1. The monoisotopic (exact) mass is 383 g/mol. The molecule has 1 aliphatic rings. The highest BCUT2D eigenvalue weighted by Crippen LogP contribution is 2.43. The lowest BCUT2D eigenvalue weighted by Gasteiger charge is -2.31.